The van der Waals surface area contributed by atoms with Crippen LogP contribution in [0.15, 0.2) is 48.5 Å². The van der Waals surface area contributed by atoms with Gasteiger partial charge in [0.05, 0.1) is 18.6 Å². The molecular formula is C18H19ClO4. The SMILES string of the molecule is CCOC(=O)CC(C)(O)c1ccc(Oc2ccc(Cl)cc2)cc1. The maximum Gasteiger partial charge on any atom is 0.309 e. The van der Waals surface area contributed by atoms with E-state index in [9.17, 15) is 9.90 Å². The van der Waals surface area contributed by atoms with Crippen molar-refractivity contribution in [2.75, 3.05) is 6.61 Å². The molecule has 23 heavy (non-hydrogen) atoms. The average Bonchev–Trinajstić information content (AvgIpc) is 2.50. The lowest BCUT2D eigenvalue weighted by Crippen LogP contribution is -2.26. The lowest BCUT2D eigenvalue weighted by molar-refractivity contribution is -0.148. The van der Waals surface area contributed by atoms with Gasteiger partial charge >= 0.3 is 5.97 Å². The highest BCUT2D eigenvalue weighted by Crippen LogP contribution is 2.29. The van der Waals surface area contributed by atoms with Gasteiger partial charge in [0.15, 0.2) is 0 Å². The molecule has 0 fully saturated rings. The highest BCUT2D eigenvalue weighted by Gasteiger charge is 2.27. The van der Waals surface area contributed by atoms with E-state index in [1.54, 1.807) is 62.4 Å². The van der Waals surface area contributed by atoms with Crippen LogP contribution in [0.2, 0.25) is 5.02 Å². The maximum atomic E-state index is 11.5. The zero-order chi connectivity index (χ0) is 16.9. The van der Waals surface area contributed by atoms with Gasteiger partial charge in [-0.3, -0.25) is 4.79 Å². The molecule has 0 radical (unpaired) electrons. The van der Waals surface area contributed by atoms with Crippen molar-refractivity contribution in [1.82, 2.24) is 0 Å². The van der Waals surface area contributed by atoms with E-state index >= 15 is 0 Å². The molecule has 0 bridgehead atoms. The highest BCUT2D eigenvalue weighted by molar-refractivity contribution is 6.30. The Balaban J connectivity index is 2.06. The predicted octanol–water partition coefficient (Wildman–Crippen LogP) is 4.29. The second-order valence-electron chi connectivity index (χ2n) is 5.34. The Morgan fingerprint density at radius 3 is 2.13 bits per heavy atom. The van der Waals surface area contributed by atoms with Crippen molar-refractivity contribution in [1.29, 1.82) is 0 Å². The van der Waals surface area contributed by atoms with E-state index in [2.05, 4.69) is 0 Å². The second kappa shape index (κ2) is 7.49. The standard InChI is InChI=1S/C18H19ClO4/c1-3-22-17(20)12-18(2,21)13-4-8-15(9-5-13)23-16-10-6-14(19)7-11-16/h4-11,21H,3,12H2,1-2H3. The fraction of sp³-hybridized carbons (Fsp3) is 0.278. The van der Waals surface area contributed by atoms with Crippen LogP contribution in [0.4, 0.5) is 0 Å². The van der Waals surface area contributed by atoms with E-state index in [0.717, 1.165) is 0 Å². The number of hydrogen-bond acceptors (Lipinski definition) is 4. The number of carbonyl (C=O) groups excluding carboxylic acids is 1. The molecule has 2 aromatic carbocycles. The number of aliphatic hydroxyl groups is 1. The minimum Gasteiger partial charge on any atom is -0.466 e. The second-order valence-corrected chi connectivity index (χ2v) is 5.77. The summed E-state index contributed by atoms with van der Waals surface area (Å²) >= 11 is 5.83. The van der Waals surface area contributed by atoms with Gasteiger partial charge in [-0.15, -0.1) is 0 Å². The summed E-state index contributed by atoms with van der Waals surface area (Å²) in [5.41, 5.74) is -0.667. The largest absolute Gasteiger partial charge is 0.466 e. The zero-order valence-corrected chi connectivity index (χ0v) is 13.8. The van der Waals surface area contributed by atoms with E-state index in [4.69, 9.17) is 21.1 Å². The van der Waals surface area contributed by atoms with Gasteiger partial charge in [0.1, 0.15) is 11.5 Å². The van der Waals surface area contributed by atoms with Gasteiger partial charge in [0, 0.05) is 5.02 Å². The van der Waals surface area contributed by atoms with Crippen molar-refractivity contribution in [3.05, 3.63) is 59.1 Å². The fourth-order valence-electron chi connectivity index (χ4n) is 2.12. The Hall–Kier alpha value is -2.04. The smallest absolute Gasteiger partial charge is 0.309 e. The van der Waals surface area contributed by atoms with E-state index in [0.29, 0.717) is 28.7 Å². The van der Waals surface area contributed by atoms with Crippen molar-refractivity contribution < 1.29 is 19.4 Å². The zero-order valence-electron chi connectivity index (χ0n) is 13.1. The minimum absolute atomic E-state index is 0.0990. The Morgan fingerprint density at radius 1 is 1.09 bits per heavy atom. The molecular weight excluding hydrogens is 316 g/mol. The van der Waals surface area contributed by atoms with Crippen LogP contribution in [0.5, 0.6) is 11.5 Å². The Morgan fingerprint density at radius 2 is 1.61 bits per heavy atom. The number of halogens is 1. The number of hydrogen-bond donors (Lipinski definition) is 1. The molecule has 1 N–H and O–H groups in total. The van der Waals surface area contributed by atoms with Crippen LogP contribution in [0, 0.1) is 0 Å². The number of esters is 1. The first kappa shape index (κ1) is 17.3. The van der Waals surface area contributed by atoms with E-state index < -0.39 is 11.6 Å². The van der Waals surface area contributed by atoms with Gasteiger partial charge in [0.2, 0.25) is 0 Å². The van der Waals surface area contributed by atoms with Crippen molar-refractivity contribution in [3.8, 4) is 11.5 Å². The first-order valence-corrected chi connectivity index (χ1v) is 7.70. The number of carbonyl (C=O) groups is 1. The third-order valence-corrected chi connectivity index (χ3v) is 3.57. The number of benzene rings is 2. The first-order chi connectivity index (χ1) is 10.9. The summed E-state index contributed by atoms with van der Waals surface area (Å²) < 4.78 is 10.6. The van der Waals surface area contributed by atoms with Crippen LogP contribution in [0.25, 0.3) is 0 Å². The molecule has 1 atom stereocenters. The molecule has 0 saturated carbocycles. The van der Waals surface area contributed by atoms with E-state index in [1.807, 2.05) is 0 Å². The fourth-order valence-corrected chi connectivity index (χ4v) is 2.24. The molecule has 0 aliphatic carbocycles. The molecule has 0 heterocycles. The van der Waals surface area contributed by atoms with Gasteiger partial charge in [-0.2, -0.15) is 0 Å². The summed E-state index contributed by atoms with van der Waals surface area (Å²) in [6.07, 6.45) is -0.0990. The monoisotopic (exact) mass is 334 g/mol. The van der Waals surface area contributed by atoms with Crippen LogP contribution in [0.1, 0.15) is 25.8 Å². The molecule has 0 saturated heterocycles. The Bertz CT molecular complexity index is 648. The summed E-state index contributed by atoms with van der Waals surface area (Å²) in [5, 5.41) is 11.1. The van der Waals surface area contributed by atoms with Crippen LogP contribution < -0.4 is 4.74 Å². The van der Waals surface area contributed by atoms with E-state index in [1.165, 1.54) is 0 Å². The van der Waals surface area contributed by atoms with Gasteiger partial charge in [-0.1, -0.05) is 23.7 Å². The molecule has 2 aromatic rings. The predicted molar refractivity (Wildman–Crippen MR) is 88.8 cm³/mol. The van der Waals surface area contributed by atoms with Crippen LogP contribution in [-0.4, -0.2) is 17.7 Å². The first-order valence-electron chi connectivity index (χ1n) is 7.32. The van der Waals surface area contributed by atoms with Gasteiger partial charge < -0.3 is 14.6 Å². The molecule has 5 heteroatoms. The molecule has 0 aliphatic rings. The van der Waals surface area contributed by atoms with Gasteiger partial charge in [-0.05, 0) is 55.8 Å². The van der Waals surface area contributed by atoms with Gasteiger partial charge in [0.25, 0.3) is 0 Å². The Kier molecular flexibility index (Phi) is 5.64. The maximum absolute atomic E-state index is 11.5. The molecule has 0 aromatic heterocycles. The summed E-state index contributed by atoms with van der Waals surface area (Å²) in [6.45, 7) is 3.61. The highest BCUT2D eigenvalue weighted by atomic mass is 35.5. The van der Waals surface area contributed by atoms with Gasteiger partial charge in [-0.25, -0.2) is 0 Å². The molecule has 1 unspecified atom stereocenters. The van der Waals surface area contributed by atoms with Crippen LogP contribution in [-0.2, 0) is 15.1 Å². The normalized spacial score (nSPS) is 13.2. The average molecular weight is 335 g/mol. The summed E-state index contributed by atoms with van der Waals surface area (Å²) in [4.78, 5) is 11.5. The van der Waals surface area contributed by atoms with Crippen molar-refractivity contribution in [3.63, 3.8) is 0 Å². The van der Waals surface area contributed by atoms with Crippen molar-refractivity contribution in [2.45, 2.75) is 25.9 Å². The topological polar surface area (TPSA) is 55.8 Å². The summed E-state index contributed by atoms with van der Waals surface area (Å²) in [7, 11) is 0. The number of ether oxygens (including phenoxy) is 2. The third kappa shape index (κ3) is 4.98. The van der Waals surface area contributed by atoms with Crippen LogP contribution in [0.3, 0.4) is 0 Å². The Labute approximate surface area is 140 Å². The molecule has 4 nitrogen and oxygen atoms in total. The summed E-state index contributed by atoms with van der Waals surface area (Å²) in [5.74, 6) is 0.863. The van der Waals surface area contributed by atoms with Crippen molar-refractivity contribution >= 4 is 17.6 Å². The lowest BCUT2D eigenvalue weighted by atomic mass is 9.92. The minimum atomic E-state index is -1.29. The lowest BCUT2D eigenvalue weighted by Gasteiger charge is -2.23. The molecule has 0 amide bonds. The number of rotatable bonds is 6. The summed E-state index contributed by atoms with van der Waals surface area (Å²) in [6, 6.07) is 14.0. The molecule has 122 valence electrons. The van der Waals surface area contributed by atoms with Crippen molar-refractivity contribution in [2.24, 2.45) is 0 Å². The quantitative estimate of drug-likeness (QED) is 0.800. The molecule has 2 rings (SSSR count). The molecule has 0 aliphatic heterocycles. The van der Waals surface area contributed by atoms with Crippen LogP contribution >= 0.6 is 11.6 Å². The third-order valence-electron chi connectivity index (χ3n) is 3.32. The van der Waals surface area contributed by atoms with E-state index in [-0.39, 0.29) is 6.42 Å². The molecule has 0 spiro atoms.